The van der Waals surface area contributed by atoms with Gasteiger partial charge in [0, 0.05) is 12.3 Å². The van der Waals surface area contributed by atoms with Crippen LogP contribution in [-0.4, -0.2) is 25.3 Å². The predicted molar refractivity (Wildman–Crippen MR) is 74.0 cm³/mol. The minimum atomic E-state index is -3.71. The van der Waals surface area contributed by atoms with Crippen molar-refractivity contribution in [1.29, 1.82) is 0 Å². The van der Waals surface area contributed by atoms with E-state index in [-0.39, 0.29) is 17.3 Å². The second-order valence-electron chi connectivity index (χ2n) is 4.43. The van der Waals surface area contributed by atoms with Gasteiger partial charge in [-0.25, -0.2) is 8.42 Å². The lowest BCUT2D eigenvalue weighted by molar-refractivity contribution is 0.299. The lowest BCUT2D eigenvalue weighted by Gasteiger charge is -2.08. The van der Waals surface area contributed by atoms with Crippen LogP contribution in [0, 0.1) is 13.8 Å². The fourth-order valence-corrected chi connectivity index (χ4v) is 3.32. The fraction of sp³-hybridized carbons (Fsp3) is 0.308. The van der Waals surface area contributed by atoms with Gasteiger partial charge in [-0.2, -0.15) is 0 Å². The molecule has 0 fully saturated rings. The topological polar surface area (TPSA) is 92.4 Å². The molecular formula is C13H16N2O4S. The quantitative estimate of drug-likeness (QED) is 0.874. The molecule has 1 heterocycles. The highest BCUT2D eigenvalue weighted by molar-refractivity contribution is 7.92. The lowest BCUT2D eigenvalue weighted by Crippen LogP contribution is -2.14. The second kappa shape index (κ2) is 5.64. The Morgan fingerprint density at radius 3 is 2.40 bits per heavy atom. The molecule has 7 heteroatoms. The highest BCUT2D eigenvalue weighted by Crippen LogP contribution is 2.22. The van der Waals surface area contributed by atoms with Gasteiger partial charge in [0.25, 0.3) is 10.0 Å². The number of aliphatic hydroxyl groups excluding tert-OH is 1. The number of aryl methyl sites for hydroxylation is 2. The van der Waals surface area contributed by atoms with Crippen molar-refractivity contribution in [2.75, 3.05) is 11.3 Å². The van der Waals surface area contributed by atoms with Gasteiger partial charge in [0.1, 0.15) is 5.69 Å². The molecule has 1 aromatic heterocycles. The first-order valence-corrected chi connectivity index (χ1v) is 7.58. The van der Waals surface area contributed by atoms with Crippen LogP contribution in [0.25, 0.3) is 0 Å². The maximum atomic E-state index is 12.3. The maximum absolute atomic E-state index is 12.3. The zero-order chi connectivity index (χ0) is 14.8. The van der Waals surface area contributed by atoms with Gasteiger partial charge in [-0.3, -0.25) is 4.72 Å². The second-order valence-corrected chi connectivity index (χ2v) is 6.05. The summed E-state index contributed by atoms with van der Waals surface area (Å²) in [5.41, 5.74) is 1.71. The summed E-state index contributed by atoms with van der Waals surface area (Å²) in [6, 6.07) is 6.84. The van der Waals surface area contributed by atoms with E-state index in [1.54, 1.807) is 38.1 Å². The van der Waals surface area contributed by atoms with Crippen molar-refractivity contribution in [3.8, 4) is 0 Å². The van der Waals surface area contributed by atoms with Crippen molar-refractivity contribution in [3.63, 3.8) is 0 Å². The van der Waals surface area contributed by atoms with Crippen molar-refractivity contribution in [2.24, 2.45) is 0 Å². The smallest absolute Gasteiger partial charge is 0.267 e. The van der Waals surface area contributed by atoms with Gasteiger partial charge in [0.2, 0.25) is 0 Å². The lowest BCUT2D eigenvalue weighted by atomic mass is 10.1. The third kappa shape index (κ3) is 3.00. The molecule has 0 saturated heterocycles. The molecule has 0 aliphatic rings. The number of anilines is 1. The van der Waals surface area contributed by atoms with Gasteiger partial charge in [-0.05, 0) is 38.0 Å². The van der Waals surface area contributed by atoms with E-state index in [9.17, 15) is 8.42 Å². The van der Waals surface area contributed by atoms with E-state index in [0.29, 0.717) is 17.8 Å². The molecule has 108 valence electrons. The molecule has 2 N–H and O–H groups in total. The van der Waals surface area contributed by atoms with Crippen LogP contribution in [-0.2, 0) is 16.4 Å². The number of aromatic nitrogens is 1. The van der Waals surface area contributed by atoms with Crippen molar-refractivity contribution in [3.05, 3.63) is 41.3 Å². The summed E-state index contributed by atoms with van der Waals surface area (Å²) in [4.78, 5) is 0.0666. The highest BCUT2D eigenvalue weighted by Gasteiger charge is 2.24. The molecule has 0 aliphatic carbocycles. The zero-order valence-corrected chi connectivity index (χ0v) is 12.1. The SMILES string of the molecule is Cc1noc(C)c1S(=O)(=O)Nc1ccc(CCO)cc1. The number of sulfonamides is 1. The third-order valence-corrected chi connectivity index (χ3v) is 4.47. The molecule has 0 aliphatic heterocycles. The molecule has 6 nitrogen and oxygen atoms in total. The molecule has 0 bridgehead atoms. The van der Waals surface area contributed by atoms with E-state index in [4.69, 9.17) is 9.63 Å². The summed E-state index contributed by atoms with van der Waals surface area (Å²) < 4.78 is 31.9. The van der Waals surface area contributed by atoms with Crippen LogP contribution in [0.5, 0.6) is 0 Å². The van der Waals surface area contributed by atoms with Crippen molar-refractivity contribution >= 4 is 15.7 Å². The first kappa shape index (κ1) is 14.5. The molecule has 0 atom stereocenters. The normalized spacial score (nSPS) is 11.6. The molecule has 0 radical (unpaired) electrons. The Bertz CT molecular complexity index is 670. The van der Waals surface area contributed by atoms with Gasteiger partial charge < -0.3 is 9.63 Å². The monoisotopic (exact) mass is 296 g/mol. The van der Waals surface area contributed by atoms with Crippen molar-refractivity contribution in [1.82, 2.24) is 5.16 Å². The molecule has 0 unspecified atom stereocenters. The predicted octanol–water partition coefficient (Wildman–Crippen LogP) is 1.63. The molecule has 2 rings (SSSR count). The van der Waals surface area contributed by atoms with E-state index < -0.39 is 10.0 Å². The Balaban J connectivity index is 2.24. The van der Waals surface area contributed by atoms with E-state index >= 15 is 0 Å². The van der Waals surface area contributed by atoms with Crippen LogP contribution < -0.4 is 4.72 Å². The number of hydrogen-bond acceptors (Lipinski definition) is 5. The maximum Gasteiger partial charge on any atom is 0.267 e. The van der Waals surface area contributed by atoms with Crippen LogP contribution in [0.2, 0.25) is 0 Å². The van der Waals surface area contributed by atoms with Gasteiger partial charge in [0.05, 0.1) is 0 Å². The van der Waals surface area contributed by atoms with Gasteiger partial charge in [0.15, 0.2) is 10.7 Å². The fourth-order valence-electron chi connectivity index (χ4n) is 1.93. The molecule has 0 spiro atoms. The molecule has 20 heavy (non-hydrogen) atoms. The Kier molecular flexibility index (Phi) is 4.10. The third-order valence-electron chi connectivity index (χ3n) is 2.84. The highest BCUT2D eigenvalue weighted by atomic mass is 32.2. The number of rotatable bonds is 5. The summed E-state index contributed by atoms with van der Waals surface area (Å²) in [6.07, 6.45) is 0.539. The minimum absolute atomic E-state index is 0.0597. The van der Waals surface area contributed by atoms with Crippen LogP contribution in [0.4, 0.5) is 5.69 Å². The Morgan fingerprint density at radius 1 is 1.25 bits per heavy atom. The van der Waals surface area contributed by atoms with Crippen molar-refractivity contribution < 1.29 is 18.0 Å². The number of hydrogen-bond donors (Lipinski definition) is 2. The summed E-state index contributed by atoms with van der Waals surface area (Å²) in [5, 5.41) is 12.5. The summed E-state index contributed by atoms with van der Waals surface area (Å²) in [6.45, 7) is 3.19. The summed E-state index contributed by atoms with van der Waals surface area (Å²) in [5.74, 6) is 0.256. The van der Waals surface area contributed by atoms with E-state index in [0.717, 1.165) is 5.56 Å². The van der Waals surface area contributed by atoms with Crippen LogP contribution in [0.1, 0.15) is 17.0 Å². The average molecular weight is 296 g/mol. The van der Waals surface area contributed by atoms with Gasteiger partial charge in [-0.15, -0.1) is 0 Å². The summed E-state index contributed by atoms with van der Waals surface area (Å²) >= 11 is 0. The Labute approximate surface area is 117 Å². The molecule has 1 aromatic carbocycles. The number of aliphatic hydroxyl groups is 1. The van der Waals surface area contributed by atoms with E-state index in [2.05, 4.69) is 9.88 Å². The minimum Gasteiger partial charge on any atom is -0.396 e. The molecule has 0 amide bonds. The van der Waals surface area contributed by atoms with E-state index in [1.807, 2.05) is 0 Å². The first-order chi connectivity index (χ1) is 9.44. The number of nitrogens with zero attached hydrogens (tertiary/aromatic N) is 1. The van der Waals surface area contributed by atoms with Crippen LogP contribution in [0.3, 0.4) is 0 Å². The van der Waals surface area contributed by atoms with E-state index in [1.165, 1.54) is 0 Å². The largest absolute Gasteiger partial charge is 0.396 e. The zero-order valence-electron chi connectivity index (χ0n) is 11.3. The standard InChI is InChI=1S/C13H16N2O4S/c1-9-13(10(2)19-14-9)20(17,18)15-12-5-3-11(4-6-12)7-8-16/h3-6,15-16H,7-8H2,1-2H3. The van der Waals surface area contributed by atoms with Crippen molar-refractivity contribution in [2.45, 2.75) is 25.2 Å². The van der Waals surface area contributed by atoms with Crippen LogP contribution >= 0.6 is 0 Å². The van der Waals surface area contributed by atoms with Crippen LogP contribution in [0.15, 0.2) is 33.7 Å². The first-order valence-electron chi connectivity index (χ1n) is 6.09. The molecular weight excluding hydrogens is 280 g/mol. The number of nitrogens with one attached hydrogen (secondary N) is 1. The number of benzene rings is 1. The van der Waals surface area contributed by atoms with Gasteiger partial charge in [-0.1, -0.05) is 17.3 Å². The van der Waals surface area contributed by atoms with Gasteiger partial charge >= 0.3 is 0 Å². The molecule has 2 aromatic rings. The molecule has 0 saturated carbocycles. The Hall–Kier alpha value is -1.86. The average Bonchev–Trinajstić information content (AvgIpc) is 2.72. The Morgan fingerprint density at radius 2 is 1.90 bits per heavy atom. The summed E-state index contributed by atoms with van der Waals surface area (Å²) in [7, 11) is -3.71.